The van der Waals surface area contributed by atoms with Gasteiger partial charge in [0.1, 0.15) is 0 Å². The fourth-order valence-electron chi connectivity index (χ4n) is 4.63. The van der Waals surface area contributed by atoms with Crippen molar-refractivity contribution in [2.75, 3.05) is 0 Å². The largest absolute Gasteiger partial charge is 0.348 e. The Morgan fingerprint density at radius 1 is 1.03 bits per heavy atom. The normalized spacial score (nSPS) is 12.8. The van der Waals surface area contributed by atoms with Gasteiger partial charge in [-0.2, -0.15) is 5.10 Å². The van der Waals surface area contributed by atoms with E-state index in [4.69, 9.17) is 10.1 Å². The van der Waals surface area contributed by atoms with Crippen LogP contribution in [0.1, 0.15) is 50.6 Å². The lowest BCUT2D eigenvalue weighted by molar-refractivity contribution is 0.0951. The van der Waals surface area contributed by atoms with Crippen LogP contribution >= 0.6 is 0 Å². The third kappa shape index (κ3) is 3.61. The van der Waals surface area contributed by atoms with Gasteiger partial charge in [0, 0.05) is 28.9 Å². The quantitative estimate of drug-likeness (QED) is 0.526. The molecule has 1 amide bonds. The smallest absolute Gasteiger partial charge is 0.252 e. The number of para-hydroxylation sites is 1. The van der Waals surface area contributed by atoms with Crippen LogP contribution in [-0.4, -0.2) is 20.7 Å². The zero-order valence-corrected chi connectivity index (χ0v) is 18.0. The Kier molecular flexibility index (Phi) is 5.02. The SMILES string of the molecule is Cc1nn(Cc2ccccc2)c(C)c1CNC(=O)c1c2c(nc3ccccc13)CCC2. The Hall–Kier alpha value is -3.47. The Labute approximate surface area is 182 Å². The lowest BCUT2D eigenvalue weighted by Crippen LogP contribution is -2.25. The molecule has 0 unspecified atom stereocenters. The van der Waals surface area contributed by atoms with E-state index in [1.165, 1.54) is 5.56 Å². The molecule has 156 valence electrons. The van der Waals surface area contributed by atoms with Gasteiger partial charge in [-0.15, -0.1) is 0 Å². The highest BCUT2D eigenvalue weighted by molar-refractivity contribution is 6.07. The monoisotopic (exact) mass is 410 g/mol. The zero-order valence-electron chi connectivity index (χ0n) is 18.0. The number of nitrogens with zero attached hydrogens (tertiary/aromatic N) is 3. The van der Waals surface area contributed by atoms with Gasteiger partial charge < -0.3 is 5.32 Å². The van der Waals surface area contributed by atoms with Gasteiger partial charge in [-0.25, -0.2) is 0 Å². The summed E-state index contributed by atoms with van der Waals surface area (Å²) in [5.41, 5.74) is 8.23. The van der Waals surface area contributed by atoms with E-state index in [0.29, 0.717) is 6.54 Å². The summed E-state index contributed by atoms with van der Waals surface area (Å²) in [6, 6.07) is 18.3. The summed E-state index contributed by atoms with van der Waals surface area (Å²) in [7, 11) is 0. The Morgan fingerprint density at radius 3 is 2.65 bits per heavy atom. The van der Waals surface area contributed by atoms with Crippen LogP contribution in [0.15, 0.2) is 54.6 Å². The summed E-state index contributed by atoms with van der Waals surface area (Å²) in [5, 5.41) is 8.83. The van der Waals surface area contributed by atoms with Crippen molar-refractivity contribution in [1.29, 1.82) is 0 Å². The second-order valence-corrected chi connectivity index (χ2v) is 8.26. The lowest BCUT2D eigenvalue weighted by atomic mass is 10.0. The van der Waals surface area contributed by atoms with Gasteiger partial charge in [0.05, 0.1) is 23.3 Å². The first-order valence-electron chi connectivity index (χ1n) is 10.9. The van der Waals surface area contributed by atoms with E-state index in [9.17, 15) is 4.79 Å². The van der Waals surface area contributed by atoms with Crippen LogP contribution < -0.4 is 5.32 Å². The summed E-state index contributed by atoms with van der Waals surface area (Å²) in [4.78, 5) is 18.1. The molecular formula is C26H26N4O. The van der Waals surface area contributed by atoms with Gasteiger partial charge in [0.15, 0.2) is 0 Å². The fraction of sp³-hybridized carbons (Fsp3) is 0.269. The Balaban J connectivity index is 1.41. The molecule has 0 spiro atoms. The van der Waals surface area contributed by atoms with Crippen molar-refractivity contribution in [3.05, 3.63) is 93.9 Å². The highest BCUT2D eigenvalue weighted by Crippen LogP contribution is 2.30. The topological polar surface area (TPSA) is 59.8 Å². The van der Waals surface area contributed by atoms with Gasteiger partial charge in [-0.05, 0) is 50.3 Å². The summed E-state index contributed by atoms with van der Waals surface area (Å²) < 4.78 is 2.02. The molecule has 5 nitrogen and oxygen atoms in total. The Morgan fingerprint density at radius 2 is 1.81 bits per heavy atom. The van der Waals surface area contributed by atoms with Crippen molar-refractivity contribution < 1.29 is 4.79 Å². The van der Waals surface area contributed by atoms with E-state index in [0.717, 1.165) is 70.5 Å². The minimum atomic E-state index is -0.0219. The summed E-state index contributed by atoms with van der Waals surface area (Å²) >= 11 is 0. The number of benzene rings is 2. The van der Waals surface area contributed by atoms with Crippen LogP contribution in [0.2, 0.25) is 0 Å². The van der Waals surface area contributed by atoms with Crippen molar-refractivity contribution in [2.24, 2.45) is 0 Å². The molecule has 2 heterocycles. The minimum absolute atomic E-state index is 0.0219. The molecule has 1 aliphatic rings. The van der Waals surface area contributed by atoms with Crippen molar-refractivity contribution in [2.45, 2.75) is 46.2 Å². The van der Waals surface area contributed by atoms with Crippen molar-refractivity contribution >= 4 is 16.8 Å². The number of aromatic nitrogens is 3. The number of fused-ring (bicyclic) bond motifs is 2. The highest BCUT2D eigenvalue weighted by atomic mass is 16.1. The van der Waals surface area contributed by atoms with Gasteiger partial charge in [0.2, 0.25) is 0 Å². The molecule has 2 aromatic carbocycles. The molecule has 31 heavy (non-hydrogen) atoms. The standard InChI is InChI=1S/C26H26N4O/c1-17-22(18(2)30(29-17)16-19-9-4-3-5-10-19)15-27-26(31)25-20-11-6-7-13-23(20)28-24-14-8-12-21(24)25/h3-7,9-11,13H,8,12,14-16H2,1-2H3,(H,27,31). The lowest BCUT2D eigenvalue weighted by Gasteiger charge is -2.13. The molecule has 1 aliphatic carbocycles. The molecule has 0 bridgehead atoms. The molecule has 0 saturated heterocycles. The zero-order chi connectivity index (χ0) is 21.4. The van der Waals surface area contributed by atoms with Crippen molar-refractivity contribution in [3.63, 3.8) is 0 Å². The second-order valence-electron chi connectivity index (χ2n) is 8.26. The molecule has 4 aromatic rings. The molecule has 5 rings (SSSR count). The van der Waals surface area contributed by atoms with Crippen LogP contribution in [0.25, 0.3) is 10.9 Å². The van der Waals surface area contributed by atoms with Crippen molar-refractivity contribution in [3.8, 4) is 0 Å². The predicted molar refractivity (Wildman–Crippen MR) is 122 cm³/mol. The van der Waals surface area contributed by atoms with Gasteiger partial charge in [-0.3, -0.25) is 14.5 Å². The van der Waals surface area contributed by atoms with E-state index >= 15 is 0 Å². The Bertz CT molecular complexity index is 1270. The number of nitrogens with one attached hydrogen (secondary N) is 1. The predicted octanol–water partition coefficient (Wildman–Crippen LogP) is 4.52. The number of hydrogen-bond acceptors (Lipinski definition) is 3. The second kappa shape index (κ2) is 7.99. The maximum atomic E-state index is 13.3. The fourth-order valence-corrected chi connectivity index (χ4v) is 4.63. The molecule has 0 radical (unpaired) electrons. The van der Waals surface area contributed by atoms with Gasteiger partial charge >= 0.3 is 0 Å². The molecule has 0 atom stereocenters. The number of hydrogen-bond donors (Lipinski definition) is 1. The first kappa shape index (κ1) is 19.5. The summed E-state index contributed by atoms with van der Waals surface area (Å²) in [5.74, 6) is -0.0219. The molecule has 0 saturated carbocycles. The maximum absolute atomic E-state index is 13.3. The van der Waals surface area contributed by atoms with Gasteiger partial charge in [-0.1, -0.05) is 48.5 Å². The molecule has 0 fully saturated rings. The van der Waals surface area contributed by atoms with E-state index in [2.05, 4.69) is 24.4 Å². The minimum Gasteiger partial charge on any atom is -0.348 e. The molecular weight excluding hydrogens is 384 g/mol. The van der Waals surface area contributed by atoms with E-state index in [-0.39, 0.29) is 5.91 Å². The van der Waals surface area contributed by atoms with Crippen molar-refractivity contribution in [1.82, 2.24) is 20.1 Å². The maximum Gasteiger partial charge on any atom is 0.252 e. The van der Waals surface area contributed by atoms with Crippen LogP contribution in [0.3, 0.4) is 0 Å². The number of pyridine rings is 1. The third-order valence-corrected chi connectivity index (χ3v) is 6.28. The summed E-state index contributed by atoms with van der Waals surface area (Å²) in [6.45, 7) is 5.28. The average Bonchev–Trinajstić information content (AvgIpc) is 3.35. The van der Waals surface area contributed by atoms with Crippen LogP contribution in [-0.2, 0) is 25.9 Å². The number of aryl methyl sites for hydroxylation is 2. The number of carbonyl (C=O) groups excluding carboxylic acids is 1. The van der Waals surface area contributed by atoms with E-state index in [1.807, 2.05) is 54.1 Å². The number of amides is 1. The first-order valence-corrected chi connectivity index (χ1v) is 10.9. The molecule has 0 aliphatic heterocycles. The van der Waals surface area contributed by atoms with Crippen LogP contribution in [0.4, 0.5) is 0 Å². The van der Waals surface area contributed by atoms with Gasteiger partial charge in [0.25, 0.3) is 5.91 Å². The third-order valence-electron chi connectivity index (χ3n) is 6.28. The van der Waals surface area contributed by atoms with E-state index in [1.54, 1.807) is 0 Å². The van der Waals surface area contributed by atoms with Crippen LogP contribution in [0, 0.1) is 13.8 Å². The average molecular weight is 411 g/mol. The molecule has 1 N–H and O–H groups in total. The summed E-state index contributed by atoms with van der Waals surface area (Å²) in [6.07, 6.45) is 2.93. The van der Waals surface area contributed by atoms with E-state index < -0.39 is 0 Å². The van der Waals surface area contributed by atoms with Crippen LogP contribution in [0.5, 0.6) is 0 Å². The molecule has 5 heteroatoms. The number of rotatable bonds is 5. The highest BCUT2D eigenvalue weighted by Gasteiger charge is 2.24. The first-order chi connectivity index (χ1) is 15.1. The number of carbonyl (C=O) groups is 1. The molecule has 2 aromatic heterocycles.